The lowest BCUT2D eigenvalue weighted by Crippen LogP contribution is -2.22. The van der Waals surface area contributed by atoms with Gasteiger partial charge in [0.15, 0.2) is 5.75 Å². The molecule has 0 spiro atoms. The maximum absolute atomic E-state index is 12.3. The number of benzene rings is 2. The van der Waals surface area contributed by atoms with E-state index in [-0.39, 0.29) is 28.3 Å². The average molecular weight is 329 g/mol. The normalized spacial score (nSPS) is 10.1. The molecule has 0 saturated carbocycles. The summed E-state index contributed by atoms with van der Waals surface area (Å²) in [5.74, 6) is -1.95. The first kappa shape index (κ1) is 16.9. The molecule has 1 amide bonds. The Hall–Kier alpha value is -3.42. The first-order chi connectivity index (χ1) is 11.3. The minimum atomic E-state index is -1.37. The van der Waals surface area contributed by atoms with Gasteiger partial charge in [0.25, 0.3) is 5.91 Å². The number of carboxylic acids is 1. The number of carbonyl (C=O) groups is 2. The molecule has 0 unspecified atom stereocenters. The molecule has 8 heteroatoms. The van der Waals surface area contributed by atoms with Gasteiger partial charge in [0.2, 0.25) is 0 Å². The minimum absolute atomic E-state index is 0.0340. The van der Waals surface area contributed by atoms with Crippen molar-refractivity contribution in [3.63, 3.8) is 0 Å². The van der Waals surface area contributed by atoms with Gasteiger partial charge in [-0.15, -0.1) is 0 Å². The highest BCUT2D eigenvalue weighted by Crippen LogP contribution is 2.28. The fraction of sp³-hybridized carbons (Fsp3) is 0.125. The lowest BCUT2D eigenvalue weighted by atomic mass is 10.1. The Morgan fingerprint density at radius 1 is 1.12 bits per heavy atom. The third-order valence-electron chi connectivity index (χ3n) is 3.36. The predicted octanol–water partition coefficient (Wildman–Crippen LogP) is 1.53. The Morgan fingerprint density at radius 3 is 2.38 bits per heavy atom. The molecule has 0 radical (unpaired) electrons. The zero-order chi connectivity index (χ0) is 17.9. The molecule has 0 aromatic heterocycles. The maximum atomic E-state index is 12.3. The van der Waals surface area contributed by atoms with Crippen LogP contribution in [-0.2, 0) is 0 Å². The Bertz CT molecular complexity index is 831. The SMILES string of the molecule is COc1ccc(C(=O)Nc2cc(C(=O)[O-])ccc2C)cc1[N+](=O)[O-]. The molecule has 0 aliphatic carbocycles. The monoisotopic (exact) mass is 329 g/mol. The second-order valence-electron chi connectivity index (χ2n) is 4.92. The van der Waals surface area contributed by atoms with Crippen molar-refractivity contribution in [1.29, 1.82) is 0 Å². The summed E-state index contributed by atoms with van der Waals surface area (Å²) in [5, 5.41) is 24.4. The van der Waals surface area contributed by atoms with Crippen molar-refractivity contribution in [1.82, 2.24) is 0 Å². The minimum Gasteiger partial charge on any atom is -0.545 e. The van der Waals surface area contributed by atoms with Crippen molar-refractivity contribution < 1.29 is 24.4 Å². The molecule has 2 aromatic rings. The number of hydrogen-bond acceptors (Lipinski definition) is 6. The van der Waals surface area contributed by atoms with Crippen LogP contribution in [-0.4, -0.2) is 23.9 Å². The van der Waals surface area contributed by atoms with Gasteiger partial charge in [-0.1, -0.05) is 12.1 Å². The van der Waals surface area contributed by atoms with Crippen molar-refractivity contribution in [2.24, 2.45) is 0 Å². The number of aromatic carboxylic acids is 1. The molecule has 0 fully saturated rings. The highest BCUT2D eigenvalue weighted by atomic mass is 16.6. The second-order valence-corrected chi connectivity index (χ2v) is 4.92. The highest BCUT2D eigenvalue weighted by Gasteiger charge is 2.18. The number of nitro groups is 1. The van der Waals surface area contributed by atoms with Gasteiger partial charge in [-0.3, -0.25) is 14.9 Å². The van der Waals surface area contributed by atoms with Gasteiger partial charge in [-0.2, -0.15) is 0 Å². The Balaban J connectivity index is 2.34. The van der Waals surface area contributed by atoms with Crippen LogP contribution in [0.1, 0.15) is 26.3 Å². The zero-order valence-electron chi connectivity index (χ0n) is 12.9. The molecule has 0 atom stereocenters. The van der Waals surface area contributed by atoms with Crippen LogP contribution in [0.25, 0.3) is 0 Å². The van der Waals surface area contributed by atoms with E-state index >= 15 is 0 Å². The summed E-state index contributed by atoms with van der Waals surface area (Å²) < 4.78 is 4.88. The van der Waals surface area contributed by atoms with Crippen LogP contribution >= 0.6 is 0 Å². The molecular formula is C16H13N2O6-. The summed E-state index contributed by atoms with van der Waals surface area (Å²) in [4.78, 5) is 33.5. The largest absolute Gasteiger partial charge is 0.545 e. The maximum Gasteiger partial charge on any atom is 0.311 e. The number of hydrogen-bond donors (Lipinski definition) is 1. The Kier molecular flexibility index (Phi) is 4.78. The lowest BCUT2D eigenvalue weighted by molar-refractivity contribution is -0.385. The number of amides is 1. The average Bonchev–Trinajstić information content (AvgIpc) is 2.55. The topological polar surface area (TPSA) is 122 Å². The third-order valence-corrected chi connectivity index (χ3v) is 3.36. The number of anilines is 1. The lowest BCUT2D eigenvalue weighted by Gasteiger charge is -2.11. The predicted molar refractivity (Wildman–Crippen MR) is 83.1 cm³/mol. The fourth-order valence-corrected chi connectivity index (χ4v) is 2.05. The summed E-state index contributed by atoms with van der Waals surface area (Å²) in [6, 6.07) is 7.93. The van der Waals surface area contributed by atoms with Crippen molar-refractivity contribution in [2.75, 3.05) is 12.4 Å². The number of carbonyl (C=O) groups excluding carboxylic acids is 2. The van der Waals surface area contributed by atoms with E-state index in [9.17, 15) is 24.8 Å². The molecular weight excluding hydrogens is 316 g/mol. The standard InChI is InChI=1S/C16H14N2O6/c1-9-3-4-11(16(20)21)7-12(9)17-15(19)10-5-6-14(24-2)13(8-10)18(22)23/h3-8H,1-2H3,(H,17,19)(H,20,21)/p-1. The number of carboxylic acid groups (broad SMARTS) is 1. The van der Waals surface area contributed by atoms with Gasteiger partial charge in [0, 0.05) is 17.3 Å². The summed E-state index contributed by atoms with van der Waals surface area (Å²) in [7, 11) is 1.29. The van der Waals surface area contributed by atoms with Gasteiger partial charge in [-0.25, -0.2) is 0 Å². The Labute approximate surface area is 136 Å². The quantitative estimate of drug-likeness (QED) is 0.655. The number of rotatable bonds is 5. The molecule has 124 valence electrons. The molecule has 0 saturated heterocycles. The first-order valence-electron chi connectivity index (χ1n) is 6.79. The van der Waals surface area contributed by atoms with Gasteiger partial charge < -0.3 is 20.0 Å². The van der Waals surface area contributed by atoms with Crippen LogP contribution in [0.15, 0.2) is 36.4 Å². The number of nitrogens with zero attached hydrogens (tertiary/aromatic N) is 1. The molecule has 8 nitrogen and oxygen atoms in total. The molecule has 0 heterocycles. The van der Waals surface area contributed by atoms with Crippen LogP contribution in [0.3, 0.4) is 0 Å². The summed E-state index contributed by atoms with van der Waals surface area (Å²) in [5.41, 5.74) is 0.527. The van der Waals surface area contributed by atoms with Crippen molar-refractivity contribution in [3.8, 4) is 5.75 Å². The summed E-state index contributed by atoms with van der Waals surface area (Å²) in [6.07, 6.45) is 0. The molecule has 0 aliphatic rings. The molecule has 24 heavy (non-hydrogen) atoms. The fourth-order valence-electron chi connectivity index (χ4n) is 2.05. The summed E-state index contributed by atoms with van der Waals surface area (Å²) >= 11 is 0. The van der Waals surface area contributed by atoms with Crippen LogP contribution < -0.4 is 15.2 Å². The van der Waals surface area contributed by atoms with Gasteiger partial charge in [0.1, 0.15) is 0 Å². The van der Waals surface area contributed by atoms with Crippen molar-refractivity contribution in [2.45, 2.75) is 6.92 Å². The van der Waals surface area contributed by atoms with Crippen LogP contribution in [0, 0.1) is 17.0 Å². The number of ether oxygens (including phenoxy) is 1. The van der Waals surface area contributed by atoms with Gasteiger partial charge in [0.05, 0.1) is 18.0 Å². The number of methoxy groups -OCH3 is 1. The first-order valence-corrected chi connectivity index (χ1v) is 6.79. The van der Waals surface area contributed by atoms with E-state index in [1.165, 1.54) is 37.4 Å². The molecule has 0 bridgehead atoms. The van der Waals surface area contributed by atoms with Crippen molar-refractivity contribution in [3.05, 3.63) is 63.2 Å². The summed E-state index contributed by atoms with van der Waals surface area (Å²) in [6.45, 7) is 1.69. The molecule has 1 N–H and O–H groups in total. The highest BCUT2D eigenvalue weighted by molar-refractivity contribution is 6.05. The smallest absolute Gasteiger partial charge is 0.311 e. The van der Waals surface area contributed by atoms with Crippen LogP contribution in [0.5, 0.6) is 5.75 Å². The second kappa shape index (κ2) is 6.78. The van der Waals surface area contributed by atoms with E-state index in [0.717, 1.165) is 6.07 Å². The van der Waals surface area contributed by atoms with E-state index in [4.69, 9.17) is 4.74 Å². The van der Waals surface area contributed by atoms with Gasteiger partial charge >= 0.3 is 5.69 Å². The van der Waals surface area contributed by atoms with E-state index < -0.39 is 16.8 Å². The Morgan fingerprint density at radius 2 is 1.79 bits per heavy atom. The number of nitrogens with one attached hydrogen (secondary N) is 1. The van der Waals surface area contributed by atoms with Crippen molar-refractivity contribution >= 4 is 23.3 Å². The van der Waals surface area contributed by atoms with Crippen LogP contribution in [0.4, 0.5) is 11.4 Å². The van der Waals surface area contributed by atoms with E-state index in [0.29, 0.717) is 5.56 Å². The number of aryl methyl sites for hydroxylation is 1. The number of nitro benzene ring substituents is 1. The molecule has 0 aliphatic heterocycles. The van der Waals surface area contributed by atoms with E-state index in [2.05, 4.69) is 5.32 Å². The van der Waals surface area contributed by atoms with E-state index in [1.807, 2.05) is 0 Å². The third kappa shape index (κ3) is 3.49. The van der Waals surface area contributed by atoms with E-state index in [1.54, 1.807) is 6.92 Å². The van der Waals surface area contributed by atoms with Crippen LogP contribution in [0.2, 0.25) is 0 Å². The molecule has 2 rings (SSSR count). The zero-order valence-corrected chi connectivity index (χ0v) is 12.9. The van der Waals surface area contributed by atoms with Gasteiger partial charge in [-0.05, 0) is 36.2 Å². The molecule has 2 aromatic carbocycles.